The summed E-state index contributed by atoms with van der Waals surface area (Å²) in [5, 5.41) is 5.55. The van der Waals surface area contributed by atoms with Gasteiger partial charge in [0, 0.05) is 25.7 Å². The van der Waals surface area contributed by atoms with Crippen LogP contribution in [0.25, 0.3) is 0 Å². The Hall–Kier alpha value is -1.76. The second-order valence-corrected chi connectivity index (χ2v) is 6.71. The minimum Gasteiger partial charge on any atom is -0.337 e. The molecule has 0 saturated heterocycles. The lowest BCUT2D eigenvalue weighted by Gasteiger charge is -2.30. The molecule has 1 fully saturated rings. The van der Waals surface area contributed by atoms with Crippen LogP contribution < -0.4 is 10.6 Å². The van der Waals surface area contributed by atoms with Crippen LogP contribution in [0.3, 0.4) is 0 Å². The Bertz CT molecular complexity index is 528. The lowest BCUT2D eigenvalue weighted by atomic mass is 9.86. The third-order valence-electron chi connectivity index (χ3n) is 4.60. The minimum atomic E-state index is -4.11. The topological polar surface area (TPSA) is 44.4 Å². The van der Waals surface area contributed by atoms with Crippen LogP contribution in [0.1, 0.15) is 31.2 Å². The largest absolute Gasteiger partial charge is 0.391 e. The van der Waals surface area contributed by atoms with Crippen LogP contribution in [-0.2, 0) is 6.54 Å². The molecule has 2 rings (SSSR count). The van der Waals surface area contributed by atoms with Crippen molar-refractivity contribution in [2.45, 2.75) is 44.4 Å². The second-order valence-electron chi connectivity index (χ2n) is 6.71. The summed E-state index contributed by atoms with van der Waals surface area (Å²) in [5.41, 5.74) is 1.20. The van der Waals surface area contributed by atoms with Gasteiger partial charge in [0.15, 0.2) is 0 Å². The van der Waals surface area contributed by atoms with E-state index < -0.39 is 12.1 Å². The fourth-order valence-electron chi connectivity index (χ4n) is 3.14. The highest BCUT2D eigenvalue weighted by atomic mass is 19.4. The number of likely N-dealkylation sites (N-methyl/N-ethyl adjacent to an activating group) is 1. The molecule has 1 aromatic carbocycles. The number of rotatable bonds is 6. The molecule has 0 radical (unpaired) electrons. The van der Waals surface area contributed by atoms with E-state index in [1.54, 1.807) is 0 Å². The fraction of sp³-hybridized carbons (Fsp3) is 0.611. The predicted molar refractivity (Wildman–Crippen MR) is 91.1 cm³/mol. The molecule has 4 nitrogen and oxygen atoms in total. The van der Waals surface area contributed by atoms with Gasteiger partial charge in [-0.2, -0.15) is 13.2 Å². The summed E-state index contributed by atoms with van der Waals surface area (Å²) in [7, 11) is 1.98. The molecular weight excluding hydrogens is 331 g/mol. The summed E-state index contributed by atoms with van der Waals surface area (Å²) in [6.45, 7) is 1.99. The zero-order valence-corrected chi connectivity index (χ0v) is 14.5. The Kier molecular flexibility index (Phi) is 7.11. The van der Waals surface area contributed by atoms with Gasteiger partial charge in [-0.25, -0.2) is 4.79 Å². The van der Waals surface area contributed by atoms with Gasteiger partial charge < -0.3 is 15.5 Å². The van der Waals surface area contributed by atoms with Crippen LogP contribution in [0.2, 0.25) is 0 Å². The van der Waals surface area contributed by atoms with E-state index in [0.29, 0.717) is 25.9 Å². The first kappa shape index (κ1) is 19.6. The SMILES string of the molecule is CN(CCNC(=O)NC1CCC(C(F)(F)F)CC1)Cc1ccccc1. The molecule has 0 heterocycles. The molecular formula is C18H26F3N3O. The zero-order valence-electron chi connectivity index (χ0n) is 14.5. The van der Waals surface area contributed by atoms with E-state index in [9.17, 15) is 18.0 Å². The van der Waals surface area contributed by atoms with Gasteiger partial charge >= 0.3 is 12.2 Å². The van der Waals surface area contributed by atoms with E-state index in [0.717, 1.165) is 6.54 Å². The molecule has 0 aliphatic heterocycles. The molecule has 2 N–H and O–H groups in total. The number of carbonyl (C=O) groups is 1. The fourth-order valence-corrected chi connectivity index (χ4v) is 3.14. The number of halogens is 3. The average Bonchev–Trinajstić information content (AvgIpc) is 2.55. The molecule has 25 heavy (non-hydrogen) atoms. The summed E-state index contributed by atoms with van der Waals surface area (Å²) in [6.07, 6.45) is -3.17. The Morgan fingerprint density at radius 2 is 1.80 bits per heavy atom. The van der Waals surface area contributed by atoms with Gasteiger partial charge in [-0.3, -0.25) is 0 Å². The van der Waals surface area contributed by atoms with Crippen LogP contribution in [0.15, 0.2) is 30.3 Å². The third-order valence-corrected chi connectivity index (χ3v) is 4.60. The molecule has 1 aliphatic rings. The Morgan fingerprint density at radius 1 is 1.16 bits per heavy atom. The lowest BCUT2D eigenvalue weighted by molar-refractivity contribution is -0.182. The molecule has 0 atom stereocenters. The van der Waals surface area contributed by atoms with Crippen molar-refractivity contribution in [2.75, 3.05) is 20.1 Å². The first-order valence-electron chi connectivity index (χ1n) is 8.68. The summed E-state index contributed by atoms with van der Waals surface area (Å²) in [4.78, 5) is 14.0. The van der Waals surface area contributed by atoms with Crippen molar-refractivity contribution in [3.8, 4) is 0 Å². The monoisotopic (exact) mass is 357 g/mol. The minimum absolute atomic E-state index is 0.0915. The summed E-state index contributed by atoms with van der Waals surface area (Å²) in [6, 6.07) is 9.58. The van der Waals surface area contributed by atoms with Crippen molar-refractivity contribution in [3.63, 3.8) is 0 Å². The van der Waals surface area contributed by atoms with E-state index >= 15 is 0 Å². The number of alkyl halides is 3. The molecule has 1 saturated carbocycles. The molecule has 1 aliphatic carbocycles. The molecule has 0 spiro atoms. The first-order chi connectivity index (χ1) is 11.8. The van der Waals surface area contributed by atoms with Gasteiger partial charge in [0.25, 0.3) is 0 Å². The lowest BCUT2D eigenvalue weighted by Crippen LogP contribution is -2.46. The van der Waals surface area contributed by atoms with Crippen molar-refractivity contribution in [1.29, 1.82) is 0 Å². The van der Waals surface area contributed by atoms with Crippen LogP contribution >= 0.6 is 0 Å². The maximum absolute atomic E-state index is 12.6. The van der Waals surface area contributed by atoms with E-state index in [1.165, 1.54) is 5.56 Å². The molecule has 7 heteroatoms. The van der Waals surface area contributed by atoms with Crippen molar-refractivity contribution in [3.05, 3.63) is 35.9 Å². The van der Waals surface area contributed by atoms with Crippen LogP contribution in [0.4, 0.5) is 18.0 Å². The van der Waals surface area contributed by atoms with Crippen LogP contribution in [0, 0.1) is 5.92 Å². The summed E-state index contributed by atoms with van der Waals surface area (Å²) in [5.74, 6) is -1.22. The molecule has 2 amide bonds. The van der Waals surface area contributed by atoms with Gasteiger partial charge in [0.05, 0.1) is 5.92 Å². The van der Waals surface area contributed by atoms with Gasteiger partial charge in [-0.1, -0.05) is 30.3 Å². The molecule has 0 aromatic heterocycles. The number of hydrogen-bond donors (Lipinski definition) is 2. The highest BCUT2D eigenvalue weighted by molar-refractivity contribution is 5.74. The standard InChI is InChI=1S/C18H26F3N3O/c1-24(13-14-5-3-2-4-6-14)12-11-22-17(25)23-16-9-7-15(8-10-16)18(19,20)21/h2-6,15-16H,7-13H2,1H3,(H2,22,23,25). The van der Waals surface area contributed by atoms with Gasteiger partial charge in [0.1, 0.15) is 0 Å². The van der Waals surface area contributed by atoms with Crippen molar-refractivity contribution in [1.82, 2.24) is 15.5 Å². The number of urea groups is 1. The van der Waals surface area contributed by atoms with Crippen molar-refractivity contribution < 1.29 is 18.0 Å². The Labute approximate surface area is 146 Å². The van der Waals surface area contributed by atoms with E-state index in [2.05, 4.69) is 15.5 Å². The zero-order chi connectivity index (χ0) is 18.3. The molecule has 1 aromatic rings. The highest BCUT2D eigenvalue weighted by Gasteiger charge is 2.41. The summed E-state index contributed by atoms with van der Waals surface area (Å²) >= 11 is 0. The number of hydrogen-bond acceptors (Lipinski definition) is 2. The number of nitrogens with one attached hydrogen (secondary N) is 2. The highest BCUT2D eigenvalue weighted by Crippen LogP contribution is 2.37. The third kappa shape index (κ3) is 6.94. The van der Waals surface area contributed by atoms with Crippen LogP contribution in [0.5, 0.6) is 0 Å². The number of carbonyl (C=O) groups excluding carboxylic acids is 1. The number of benzene rings is 1. The Morgan fingerprint density at radius 3 is 2.40 bits per heavy atom. The van der Waals surface area contributed by atoms with Gasteiger partial charge in [0.2, 0.25) is 0 Å². The number of nitrogens with zero attached hydrogens (tertiary/aromatic N) is 1. The van der Waals surface area contributed by atoms with Crippen molar-refractivity contribution >= 4 is 6.03 Å². The molecule has 0 unspecified atom stereocenters. The van der Waals surface area contributed by atoms with Gasteiger partial charge in [-0.15, -0.1) is 0 Å². The van der Waals surface area contributed by atoms with Crippen molar-refractivity contribution in [2.24, 2.45) is 5.92 Å². The predicted octanol–water partition coefficient (Wildman–Crippen LogP) is 3.54. The second kappa shape index (κ2) is 9.08. The first-order valence-corrected chi connectivity index (χ1v) is 8.68. The molecule has 140 valence electrons. The maximum Gasteiger partial charge on any atom is 0.391 e. The smallest absolute Gasteiger partial charge is 0.337 e. The van der Waals surface area contributed by atoms with E-state index in [-0.39, 0.29) is 24.9 Å². The summed E-state index contributed by atoms with van der Waals surface area (Å²) < 4.78 is 37.9. The Balaban J connectivity index is 1.60. The van der Waals surface area contributed by atoms with E-state index in [4.69, 9.17) is 0 Å². The van der Waals surface area contributed by atoms with E-state index in [1.807, 2.05) is 37.4 Å². The maximum atomic E-state index is 12.6. The number of amides is 2. The normalized spacial score (nSPS) is 21.2. The molecule has 0 bridgehead atoms. The van der Waals surface area contributed by atoms with Crippen LogP contribution in [-0.4, -0.2) is 43.3 Å². The quantitative estimate of drug-likeness (QED) is 0.818. The average molecular weight is 357 g/mol. The van der Waals surface area contributed by atoms with Gasteiger partial charge in [-0.05, 0) is 38.3 Å².